The number of aromatic amines is 2. The molecule has 0 atom stereocenters. The fourth-order valence-corrected chi connectivity index (χ4v) is 2.90. The van der Waals surface area contributed by atoms with Crippen molar-refractivity contribution in [1.82, 2.24) is 20.4 Å². The summed E-state index contributed by atoms with van der Waals surface area (Å²) in [7, 11) is 0. The van der Waals surface area contributed by atoms with Crippen molar-refractivity contribution in [2.45, 2.75) is 0 Å². The Hall–Kier alpha value is -3.41. The first-order valence-corrected chi connectivity index (χ1v) is 7.32. The fourth-order valence-electron chi connectivity index (χ4n) is 2.90. The number of benzene rings is 2. The quantitative estimate of drug-likeness (QED) is 0.503. The molecule has 0 saturated heterocycles. The topological polar surface area (TPSA) is 81.8 Å². The Morgan fingerprint density at radius 1 is 0.870 bits per heavy atom. The number of aliphatic imine (C=N–C) groups is 1. The number of nitrogens with one attached hydrogen (secondary N) is 3. The van der Waals surface area contributed by atoms with Gasteiger partial charge in [-0.05, 0) is 12.1 Å². The zero-order chi connectivity index (χ0) is 15.2. The SMILES string of the molecule is c1ccc2c(c1)N=C(c1n[nH]c3ccccc13)Nc1cn[nH]c1-2. The molecule has 3 heterocycles. The molecule has 6 heteroatoms. The van der Waals surface area contributed by atoms with Crippen LogP contribution in [0.15, 0.2) is 59.7 Å². The average molecular weight is 300 g/mol. The second-order valence-electron chi connectivity index (χ2n) is 5.38. The summed E-state index contributed by atoms with van der Waals surface area (Å²) in [6, 6.07) is 16.0. The van der Waals surface area contributed by atoms with Gasteiger partial charge in [0, 0.05) is 10.9 Å². The predicted octanol–water partition coefficient (Wildman–Crippen LogP) is 3.46. The van der Waals surface area contributed by atoms with Crippen LogP contribution >= 0.6 is 0 Å². The molecule has 0 amide bonds. The van der Waals surface area contributed by atoms with Gasteiger partial charge in [0.05, 0.1) is 28.8 Å². The summed E-state index contributed by atoms with van der Waals surface area (Å²) in [4.78, 5) is 4.79. The Bertz CT molecular complexity index is 1060. The number of rotatable bonds is 1. The van der Waals surface area contributed by atoms with Crippen molar-refractivity contribution in [2.75, 3.05) is 5.32 Å². The Labute approximate surface area is 131 Å². The van der Waals surface area contributed by atoms with Gasteiger partial charge in [-0.15, -0.1) is 0 Å². The largest absolute Gasteiger partial charge is 0.335 e. The zero-order valence-electron chi connectivity index (χ0n) is 12.0. The molecule has 3 N–H and O–H groups in total. The van der Waals surface area contributed by atoms with E-state index in [4.69, 9.17) is 4.99 Å². The van der Waals surface area contributed by atoms with Crippen molar-refractivity contribution in [3.63, 3.8) is 0 Å². The van der Waals surface area contributed by atoms with Gasteiger partial charge >= 0.3 is 0 Å². The minimum Gasteiger partial charge on any atom is -0.335 e. The molecule has 23 heavy (non-hydrogen) atoms. The maximum absolute atomic E-state index is 4.79. The maximum atomic E-state index is 4.79. The van der Waals surface area contributed by atoms with Crippen LogP contribution in [-0.4, -0.2) is 26.2 Å². The number of H-pyrrole nitrogens is 2. The third-order valence-corrected chi connectivity index (χ3v) is 3.99. The van der Waals surface area contributed by atoms with E-state index in [-0.39, 0.29) is 0 Å². The van der Waals surface area contributed by atoms with Gasteiger partial charge in [-0.25, -0.2) is 4.99 Å². The van der Waals surface area contributed by atoms with Crippen molar-refractivity contribution >= 4 is 28.1 Å². The first-order chi connectivity index (χ1) is 11.4. The van der Waals surface area contributed by atoms with Crippen LogP contribution in [0.25, 0.3) is 22.2 Å². The Kier molecular flexibility index (Phi) is 2.40. The lowest BCUT2D eigenvalue weighted by atomic mass is 10.1. The van der Waals surface area contributed by atoms with E-state index in [1.54, 1.807) is 6.20 Å². The molecule has 1 aliphatic rings. The molecule has 2 aromatic carbocycles. The lowest BCUT2D eigenvalue weighted by molar-refractivity contribution is 1.09. The first kappa shape index (κ1) is 12.2. The minimum absolute atomic E-state index is 0.704. The number of hydrogen-bond donors (Lipinski definition) is 3. The Balaban J connectivity index is 1.78. The highest BCUT2D eigenvalue weighted by Crippen LogP contribution is 2.36. The van der Waals surface area contributed by atoms with Gasteiger partial charge in [-0.2, -0.15) is 10.2 Å². The van der Waals surface area contributed by atoms with Crippen molar-refractivity contribution in [1.29, 1.82) is 0 Å². The van der Waals surface area contributed by atoms with E-state index in [0.717, 1.165) is 39.2 Å². The van der Waals surface area contributed by atoms with Gasteiger partial charge in [-0.3, -0.25) is 10.2 Å². The molecular weight excluding hydrogens is 288 g/mol. The number of aromatic nitrogens is 4. The standard InChI is InChI=1S/C17H12N6/c1-3-7-12-10(5-1)15-14(9-18-22-15)20-17(19-12)16-11-6-2-4-8-13(11)21-23-16/h1-9H,(H,18,22)(H,19,20)(H,21,23). The van der Waals surface area contributed by atoms with E-state index < -0.39 is 0 Å². The summed E-state index contributed by atoms with van der Waals surface area (Å²) in [6.45, 7) is 0. The summed E-state index contributed by atoms with van der Waals surface area (Å²) in [5.74, 6) is 0.704. The normalized spacial score (nSPS) is 13.0. The van der Waals surface area contributed by atoms with Crippen LogP contribution in [-0.2, 0) is 0 Å². The second-order valence-corrected chi connectivity index (χ2v) is 5.38. The monoisotopic (exact) mass is 300 g/mol. The van der Waals surface area contributed by atoms with E-state index in [2.05, 4.69) is 25.7 Å². The van der Waals surface area contributed by atoms with Gasteiger partial charge in [0.15, 0.2) is 5.84 Å². The van der Waals surface area contributed by atoms with Crippen LogP contribution in [0, 0.1) is 0 Å². The molecule has 0 saturated carbocycles. The average Bonchev–Trinajstić information content (AvgIpc) is 3.19. The molecule has 0 spiro atoms. The molecule has 0 fully saturated rings. The van der Waals surface area contributed by atoms with Gasteiger partial charge < -0.3 is 5.32 Å². The molecular formula is C17H12N6. The summed E-state index contributed by atoms with van der Waals surface area (Å²) in [5, 5.41) is 19.1. The van der Waals surface area contributed by atoms with Gasteiger partial charge in [0.1, 0.15) is 5.69 Å². The fraction of sp³-hybridized carbons (Fsp3) is 0. The van der Waals surface area contributed by atoms with Gasteiger partial charge in [-0.1, -0.05) is 36.4 Å². The van der Waals surface area contributed by atoms with Crippen LogP contribution in [0.4, 0.5) is 11.4 Å². The molecule has 4 aromatic rings. The van der Waals surface area contributed by atoms with E-state index in [1.807, 2.05) is 48.5 Å². The highest BCUT2D eigenvalue weighted by atomic mass is 15.2. The highest BCUT2D eigenvalue weighted by Gasteiger charge is 2.20. The highest BCUT2D eigenvalue weighted by molar-refractivity contribution is 6.17. The molecule has 1 aliphatic heterocycles. The van der Waals surface area contributed by atoms with Crippen LogP contribution in [0.5, 0.6) is 0 Å². The first-order valence-electron chi connectivity index (χ1n) is 7.32. The van der Waals surface area contributed by atoms with Crippen molar-refractivity contribution < 1.29 is 0 Å². The van der Waals surface area contributed by atoms with E-state index in [0.29, 0.717) is 5.84 Å². The van der Waals surface area contributed by atoms with E-state index in [1.165, 1.54) is 0 Å². The van der Waals surface area contributed by atoms with Gasteiger partial charge in [0.25, 0.3) is 0 Å². The molecule has 6 nitrogen and oxygen atoms in total. The molecule has 2 aromatic heterocycles. The summed E-state index contributed by atoms with van der Waals surface area (Å²) in [5.41, 5.74) is 5.49. The minimum atomic E-state index is 0.704. The van der Waals surface area contributed by atoms with Crippen molar-refractivity contribution in [2.24, 2.45) is 4.99 Å². The van der Waals surface area contributed by atoms with Crippen molar-refractivity contribution in [3.8, 4) is 11.3 Å². The zero-order valence-corrected chi connectivity index (χ0v) is 12.0. The molecule has 5 rings (SSSR count). The number of anilines is 1. The third kappa shape index (κ3) is 1.78. The Morgan fingerprint density at radius 3 is 2.74 bits per heavy atom. The number of hydrogen-bond acceptors (Lipinski definition) is 4. The third-order valence-electron chi connectivity index (χ3n) is 3.99. The van der Waals surface area contributed by atoms with Crippen LogP contribution in [0.2, 0.25) is 0 Å². The van der Waals surface area contributed by atoms with Gasteiger partial charge in [0.2, 0.25) is 0 Å². The predicted molar refractivity (Wildman–Crippen MR) is 89.9 cm³/mol. The van der Waals surface area contributed by atoms with Crippen LogP contribution in [0.1, 0.15) is 5.69 Å². The van der Waals surface area contributed by atoms with Crippen LogP contribution < -0.4 is 5.32 Å². The summed E-state index contributed by atoms with van der Waals surface area (Å²) < 4.78 is 0. The number of para-hydroxylation sites is 2. The maximum Gasteiger partial charge on any atom is 0.159 e. The van der Waals surface area contributed by atoms with Crippen LogP contribution in [0.3, 0.4) is 0 Å². The molecule has 0 aliphatic carbocycles. The van der Waals surface area contributed by atoms with E-state index >= 15 is 0 Å². The van der Waals surface area contributed by atoms with E-state index in [9.17, 15) is 0 Å². The number of nitrogens with zero attached hydrogens (tertiary/aromatic N) is 3. The number of fused-ring (bicyclic) bond motifs is 4. The summed E-state index contributed by atoms with van der Waals surface area (Å²) in [6.07, 6.45) is 1.77. The Morgan fingerprint density at radius 2 is 1.74 bits per heavy atom. The second kappa shape index (κ2) is 4.54. The summed E-state index contributed by atoms with van der Waals surface area (Å²) >= 11 is 0. The molecule has 0 bridgehead atoms. The lowest BCUT2D eigenvalue weighted by Crippen LogP contribution is -2.13. The smallest absolute Gasteiger partial charge is 0.159 e. The van der Waals surface area contributed by atoms with Crippen molar-refractivity contribution in [3.05, 3.63) is 60.4 Å². The lowest BCUT2D eigenvalue weighted by Gasteiger charge is -2.04. The molecule has 0 radical (unpaired) electrons. The molecule has 110 valence electrons. The number of amidine groups is 1. The molecule has 0 unspecified atom stereocenters.